The lowest BCUT2D eigenvalue weighted by Gasteiger charge is -2.29. The summed E-state index contributed by atoms with van der Waals surface area (Å²) in [6.45, 7) is 2.88. The lowest BCUT2D eigenvalue weighted by atomic mass is 9.92. The molecule has 8 heteroatoms. The van der Waals surface area contributed by atoms with Crippen molar-refractivity contribution in [3.05, 3.63) is 63.2 Å². The highest BCUT2D eigenvalue weighted by molar-refractivity contribution is 5.95. The van der Waals surface area contributed by atoms with Gasteiger partial charge in [0.2, 0.25) is 0 Å². The smallest absolute Gasteiger partial charge is 0.349 e. The van der Waals surface area contributed by atoms with Crippen LogP contribution in [0.3, 0.4) is 0 Å². The SMILES string of the molecule is Cc1cc(C2CCOC2)oc(=O)c1C(=O)NC1CCC(Oc2cc(F)cc(F)c2)CC1. The quantitative estimate of drug-likeness (QED) is 0.775. The van der Waals surface area contributed by atoms with Crippen LogP contribution in [0.4, 0.5) is 8.78 Å². The molecule has 31 heavy (non-hydrogen) atoms. The van der Waals surface area contributed by atoms with Crippen molar-refractivity contribution < 1.29 is 27.5 Å². The van der Waals surface area contributed by atoms with Crippen LogP contribution >= 0.6 is 0 Å². The first-order valence-electron chi connectivity index (χ1n) is 10.5. The fraction of sp³-hybridized carbons (Fsp3) is 0.478. The van der Waals surface area contributed by atoms with Crippen molar-refractivity contribution in [2.75, 3.05) is 13.2 Å². The second-order valence-corrected chi connectivity index (χ2v) is 8.22. The van der Waals surface area contributed by atoms with Crippen LogP contribution < -0.4 is 15.7 Å². The van der Waals surface area contributed by atoms with Crippen molar-refractivity contribution in [3.63, 3.8) is 0 Å². The average molecular weight is 433 g/mol. The van der Waals surface area contributed by atoms with Crippen LogP contribution in [0.2, 0.25) is 0 Å². The molecular formula is C23H25F2NO5. The van der Waals surface area contributed by atoms with Gasteiger partial charge >= 0.3 is 5.63 Å². The molecule has 6 nitrogen and oxygen atoms in total. The number of amides is 1. The summed E-state index contributed by atoms with van der Waals surface area (Å²) in [7, 11) is 0. The van der Waals surface area contributed by atoms with Crippen molar-refractivity contribution in [3.8, 4) is 5.75 Å². The molecule has 2 heterocycles. The van der Waals surface area contributed by atoms with E-state index in [-0.39, 0.29) is 29.4 Å². The van der Waals surface area contributed by atoms with E-state index < -0.39 is 23.2 Å². The topological polar surface area (TPSA) is 77.8 Å². The molecule has 1 saturated carbocycles. The number of rotatable bonds is 5. The van der Waals surface area contributed by atoms with Crippen LogP contribution in [0.5, 0.6) is 5.75 Å². The van der Waals surface area contributed by atoms with Gasteiger partial charge in [0.25, 0.3) is 5.91 Å². The second kappa shape index (κ2) is 9.18. The van der Waals surface area contributed by atoms with Crippen molar-refractivity contribution in [2.45, 2.75) is 57.1 Å². The summed E-state index contributed by atoms with van der Waals surface area (Å²) in [5.41, 5.74) is -0.0263. The number of hydrogen-bond acceptors (Lipinski definition) is 5. The van der Waals surface area contributed by atoms with Gasteiger partial charge in [-0.25, -0.2) is 13.6 Å². The highest BCUT2D eigenvalue weighted by Crippen LogP contribution is 2.27. The summed E-state index contributed by atoms with van der Waals surface area (Å²) in [6.07, 6.45) is 3.12. The molecule has 1 saturated heterocycles. The molecule has 2 aromatic rings. The highest BCUT2D eigenvalue weighted by Gasteiger charge is 2.27. The summed E-state index contributed by atoms with van der Waals surface area (Å²) in [5.74, 6) is -1.05. The molecule has 166 valence electrons. The summed E-state index contributed by atoms with van der Waals surface area (Å²) in [4.78, 5) is 25.2. The lowest BCUT2D eigenvalue weighted by molar-refractivity contribution is 0.0888. The van der Waals surface area contributed by atoms with E-state index in [2.05, 4.69) is 5.32 Å². The van der Waals surface area contributed by atoms with E-state index in [9.17, 15) is 18.4 Å². The Kier molecular flexibility index (Phi) is 6.36. The maximum absolute atomic E-state index is 13.3. The first-order valence-corrected chi connectivity index (χ1v) is 10.5. The predicted molar refractivity (Wildman–Crippen MR) is 108 cm³/mol. The van der Waals surface area contributed by atoms with Crippen LogP contribution in [-0.4, -0.2) is 31.3 Å². The van der Waals surface area contributed by atoms with Gasteiger partial charge in [0.05, 0.1) is 12.7 Å². The standard InChI is InChI=1S/C23H25F2NO5/c1-13-8-20(14-6-7-29-12-14)31-23(28)21(13)22(27)26-17-2-4-18(5-3-17)30-19-10-15(24)9-16(25)11-19/h8-11,14,17-18H,2-7,12H2,1H3,(H,26,27). The number of carbonyl (C=O) groups is 1. The molecule has 0 spiro atoms. The Labute approximate surface area is 178 Å². The van der Waals surface area contributed by atoms with Crippen LogP contribution in [0.25, 0.3) is 0 Å². The first kappa shape index (κ1) is 21.5. The number of aryl methyl sites for hydroxylation is 1. The maximum Gasteiger partial charge on any atom is 0.349 e. The van der Waals surface area contributed by atoms with E-state index in [4.69, 9.17) is 13.9 Å². The van der Waals surface area contributed by atoms with Gasteiger partial charge in [-0.05, 0) is 50.7 Å². The Balaban J connectivity index is 1.34. The first-order chi connectivity index (χ1) is 14.9. The normalized spacial score (nSPS) is 23.5. The molecule has 1 aliphatic carbocycles. The van der Waals surface area contributed by atoms with Crippen molar-refractivity contribution in [2.24, 2.45) is 0 Å². The number of hydrogen-bond donors (Lipinski definition) is 1. The molecule has 1 aliphatic heterocycles. The summed E-state index contributed by atoms with van der Waals surface area (Å²) < 4.78 is 43.1. The highest BCUT2D eigenvalue weighted by atomic mass is 19.1. The molecule has 1 aromatic heterocycles. The number of ether oxygens (including phenoxy) is 2. The van der Waals surface area contributed by atoms with Gasteiger partial charge in [-0.15, -0.1) is 0 Å². The average Bonchev–Trinajstić information content (AvgIpc) is 3.23. The van der Waals surface area contributed by atoms with E-state index in [1.807, 2.05) is 0 Å². The molecule has 1 amide bonds. The zero-order valence-corrected chi connectivity index (χ0v) is 17.3. The van der Waals surface area contributed by atoms with Gasteiger partial charge in [-0.2, -0.15) is 0 Å². The van der Waals surface area contributed by atoms with Crippen LogP contribution in [0.15, 0.2) is 33.5 Å². The number of carbonyl (C=O) groups excluding carboxylic acids is 1. The van der Waals surface area contributed by atoms with E-state index in [0.29, 0.717) is 50.2 Å². The van der Waals surface area contributed by atoms with E-state index >= 15 is 0 Å². The number of benzene rings is 1. The van der Waals surface area contributed by atoms with Crippen molar-refractivity contribution >= 4 is 5.91 Å². The maximum atomic E-state index is 13.3. The minimum absolute atomic E-state index is 0.0243. The van der Waals surface area contributed by atoms with E-state index in [0.717, 1.165) is 24.6 Å². The zero-order chi connectivity index (χ0) is 22.0. The molecule has 4 rings (SSSR count). The third-order valence-electron chi connectivity index (χ3n) is 5.88. The Bertz CT molecular complexity index is 987. The number of nitrogens with one attached hydrogen (secondary N) is 1. The summed E-state index contributed by atoms with van der Waals surface area (Å²) >= 11 is 0. The Hall–Kier alpha value is -2.74. The monoisotopic (exact) mass is 433 g/mol. The molecule has 2 aliphatic rings. The van der Waals surface area contributed by atoms with Gasteiger partial charge in [-0.1, -0.05) is 0 Å². The Morgan fingerprint density at radius 3 is 2.39 bits per heavy atom. The summed E-state index contributed by atoms with van der Waals surface area (Å²) in [5, 5.41) is 2.91. The van der Waals surface area contributed by atoms with Crippen LogP contribution in [0.1, 0.15) is 59.7 Å². The van der Waals surface area contributed by atoms with Gasteiger partial charge in [-0.3, -0.25) is 4.79 Å². The fourth-order valence-corrected chi connectivity index (χ4v) is 4.24. The Morgan fingerprint density at radius 1 is 1.06 bits per heavy atom. The molecular weight excluding hydrogens is 408 g/mol. The van der Waals surface area contributed by atoms with Gasteiger partial charge < -0.3 is 19.2 Å². The van der Waals surface area contributed by atoms with Crippen molar-refractivity contribution in [1.29, 1.82) is 0 Å². The molecule has 0 bridgehead atoms. The predicted octanol–water partition coefficient (Wildman–Crippen LogP) is 3.85. The van der Waals surface area contributed by atoms with E-state index in [1.54, 1.807) is 13.0 Å². The largest absolute Gasteiger partial charge is 0.490 e. The lowest BCUT2D eigenvalue weighted by Crippen LogP contribution is -2.41. The van der Waals surface area contributed by atoms with E-state index in [1.165, 1.54) is 0 Å². The van der Waals surface area contributed by atoms with Crippen LogP contribution in [-0.2, 0) is 4.74 Å². The van der Waals surface area contributed by atoms with Gasteiger partial charge in [0.15, 0.2) is 0 Å². The van der Waals surface area contributed by atoms with Crippen molar-refractivity contribution in [1.82, 2.24) is 5.32 Å². The number of halogens is 2. The zero-order valence-electron chi connectivity index (χ0n) is 17.3. The Morgan fingerprint density at radius 2 is 1.77 bits per heavy atom. The minimum atomic E-state index is -0.684. The van der Waals surface area contributed by atoms with Gasteiger partial charge in [0.1, 0.15) is 28.7 Å². The molecule has 1 atom stereocenters. The molecule has 1 aromatic carbocycles. The fourth-order valence-electron chi connectivity index (χ4n) is 4.24. The minimum Gasteiger partial charge on any atom is -0.490 e. The molecule has 2 fully saturated rings. The third-order valence-corrected chi connectivity index (χ3v) is 5.88. The van der Waals surface area contributed by atoms with Crippen LogP contribution in [0, 0.1) is 18.6 Å². The van der Waals surface area contributed by atoms with Gasteiger partial charge in [0, 0.05) is 36.8 Å². The third kappa shape index (κ3) is 5.12. The molecule has 1 unspecified atom stereocenters. The molecule has 0 radical (unpaired) electrons. The second-order valence-electron chi connectivity index (χ2n) is 8.22. The summed E-state index contributed by atoms with van der Waals surface area (Å²) in [6, 6.07) is 4.74. The molecule has 1 N–H and O–H groups in total.